The van der Waals surface area contributed by atoms with Gasteiger partial charge in [0.25, 0.3) is 0 Å². The zero-order chi connectivity index (χ0) is 54.1. The number of pyridine rings is 3. The van der Waals surface area contributed by atoms with Gasteiger partial charge in [0.05, 0.1) is 33.4 Å². The van der Waals surface area contributed by atoms with Crippen LogP contribution in [0.3, 0.4) is 0 Å². The van der Waals surface area contributed by atoms with Crippen LogP contribution < -0.4 is 0 Å². The van der Waals surface area contributed by atoms with Gasteiger partial charge in [-0.05, 0) is 117 Å². The molecule has 16 aromatic rings. The number of rotatable bonds is 9. The minimum Gasteiger partial charge on any atom is -0.358 e. The van der Waals surface area contributed by atoms with Crippen LogP contribution in [0.15, 0.2) is 279 Å². The van der Waals surface area contributed by atoms with E-state index < -0.39 is 0 Å². The van der Waals surface area contributed by atoms with E-state index in [-0.39, 0.29) is 27.5 Å². The third kappa shape index (κ3) is 8.97. The van der Waals surface area contributed by atoms with Gasteiger partial charge < -0.3 is 21.2 Å². The van der Waals surface area contributed by atoms with Gasteiger partial charge in [0.1, 0.15) is 0 Å². The van der Waals surface area contributed by atoms with Crippen LogP contribution in [0.25, 0.3) is 155 Å². The molecule has 0 fully saturated rings. The molecule has 0 aliphatic carbocycles. The predicted molar refractivity (Wildman–Crippen MR) is 344 cm³/mol. The molecule has 399 valence electrons. The van der Waals surface area contributed by atoms with Crippen molar-refractivity contribution in [1.29, 1.82) is 0 Å². The van der Waals surface area contributed by atoms with Crippen LogP contribution in [-0.2, 0) is 20.1 Å². The van der Waals surface area contributed by atoms with Crippen LogP contribution in [0.4, 0.5) is 0 Å². The molecule has 1 radical (unpaired) electrons. The normalized spacial score (nSPS) is 11.4. The molecule has 0 saturated heterocycles. The second-order valence-corrected chi connectivity index (χ2v) is 20.9. The molecule has 5 aromatic heterocycles. The Morgan fingerprint density at radius 1 is 0.310 bits per heavy atom. The van der Waals surface area contributed by atoms with Crippen LogP contribution >= 0.6 is 0 Å². The van der Waals surface area contributed by atoms with Gasteiger partial charge in [-0.15, -0.1) is 81.7 Å². The molecule has 0 aliphatic heterocycles. The number of imidazole rings is 2. The van der Waals surface area contributed by atoms with Gasteiger partial charge in [-0.25, -0.2) is 0 Å². The molecule has 0 aliphatic rings. The summed E-state index contributed by atoms with van der Waals surface area (Å²) in [6, 6.07) is 104. The molecule has 0 spiro atoms. The Kier molecular flexibility index (Phi) is 13.3. The summed E-state index contributed by atoms with van der Waals surface area (Å²) >= 11 is 0. The maximum absolute atomic E-state index is 5.06. The number of hydrogen-bond acceptors (Lipinski definition) is 3. The van der Waals surface area contributed by atoms with Crippen molar-refractivity contribution >= 4 is 54.9 Å². The fourth-order valence-electron chi connectivity index (χ4n) is 12.2. The van der Waals surface area contributed by atoms with Gasteiger partial charge in [0.15, 0.2) is 0 Å². The van der Waals surface area contributed by atoms with Crippen molar-refractivity contribution in [2.75, 3.05) is 0 Å². The van der Waals surface area contributed by atoms with E-state index in [1.165, 1.54) is 11.1 Å². The summed E-state index contributed by atoms with van der Waals surface area (Å²) in [5, 5.41) is 4.14. The van der Waals surface area contributed by atoms with E-state index in [1.54, 1.807) is 0 Å². The fraction of sp³-hybridized carbons (Fsp3) is 0. The first-order valence-electron chi connectivity index (χ1n) is 27.6. The van der Waals surface area contributed by atoms with E-state index in [9.17, 15) is 0 Å². The van der Waals surface area contributed by atoms with Gasteiger partial charge in [0.2, 0.25) is 0 Å². The zero-order valence-corrected chi connectivity index (χ0v) is 48.0. The number of para-hydroxylation sites is 4. The SMILES string of the molecule is [CH3-].[Ir].[c-]1cc(-c2ccccc2-c2cc(-c3ccccc3-c3c[c-]c4c(ccn5c6ccccc6nc45)c3)cc(-c3ccccc3-c3c[c-]c4c(ccn5c6ccccc6nc45)c3)c2)c(-c2ccc(-c3ccccc3)cc2)cc1-c1ccccn1. The second kappa shape index (κ2) is 21.5. The number of nitrogens with zero attached hydrogens (tertiary/aromatic N) is 5. The van der Waals surface area contributed by atoms with Crippen molar-refractivity contribution < 1.29 is 20.1 Å². The van der Waals surface area contributed by atoms with Gasteiger partial charge >= 0.3 is 0 Å². The zero-order valence-electron chi connectivity index (χ0n) is 45.6. The topological polar surface area (TPSA) is 47.5 Å². The van der Waals surface area contributed by atoms with Crippen molar-refractivity contribution in [2.45, 2.75) is 0 Å². The van der Waals surface area contributed by atoms with Crippen molar-refractivity contribution in [3.8, 4) is 100 Å². The van der Waals surface area contributed by atoms with Crippen molar-refractivity contribution in [1.82, 2.24) is 23.8 Å². The molecule has 0 unspecified atom stereocenters. The standard InChI is InChI=1S/C77H46N5.CH3.Ir/c1-2-16-50(17-3-1)51-29-31-52(32-30-51)70-49-57(71-24-14-15-41-78-71)35-38-69(70)68-23-9-8-22-65(68)60-47-58(63-20-6-4-18-61(63)53-33-36-66-55(44-53)39-42-81-74-27-12-10-25-72(74)79-76(66)81)46-59(48-60)64-21-7-5-19-62(64)54-34-37-67-56(45-54)40-43-82-75-28-13-11-26-73(75)80-77(67)82;;/h1-34,38-49H;1H3;/q-3;-1;. The van der Waals surface area contributed by atoms with Gasteiger partial charge in [-0.1, -0.05) is 215 Å². The van der Waals surface area contributed by atoms with Gasteiger partial charge in [-0.3, -0.25) is 9.97 Å². The van der Waals surface area contributed by atoms with Crippen LogP contribution in [0.5, 0.6) is 0 Å². The second-order valence-electron chi connectivity index (χ2n) is 20.9. The molecule has 84 heavy (non-hydrogen) atoms. The third-order valence-corrected chi connectivity index (χ3v) is 16.1. The molecular weight excluding hydrogens is 1200 g/mol. The van der Waals surface area contributed by atoms with Crippen LogP contribution in [-0.4, -0.2) is 23.8 Å². The van der Waals surface area contributed by atoms with Gasteiger partial charge in [0, 0.05) is 26.3 Å². The number of aromatic nitrogens is 5. The summed E-state index contributed by atoms with van der Waals surface area (Å²) < 4.78 is 4.33. The van der Waals surface area contributed by atoms with Crippen LogP contribution in [0.1, 0.15) is 0 Å². The molecule has 0 atom stereocenters. The largest absolute Gasteiger partial charge is 0.358 e. The van der Waals surface area contributed by atoms with E-state index in [2.05, 4.69) is 276 Å². The van der Waals surface area contributed by atoms with E-state index in [1.807, 2.05) is 30.5 Å². The predicted octanol–water partition coefficient (Wildman–Crippen LogP) is 19.8. The number of fused-ring (bicyclic) bond motifs is 10. The molecule has 11 aromatic carbocycles. The van der Waals surface area contributed by atoms with Crippen molar-refractivity contribution in [2.24, 2.45) is 0 Å². The molecule has 5 nitrogen and oxygen atoms in total. The Morgan fingerprint density at radius 3 is 1.27 bits per heavy atom. The summed E-state index contributed by atoms with van der Waals surface area (Å²) in [5.74, 6) is 0. The first-order chi connectivity index (χ1) is 40.6. The average molecular weight is 1250 g/mol. The smallest absolute Gasteiger partial charge is 0.0774 e. The van der Waals surface area contributed by atoms with Gasteiger partial charge in [-0.2, -0.15) is 0 Å². The molecule has 0 amide bonds. The average Bonchev–Trinajstić information content (AvgIpc) is 3.63. The quantitative estimate of drug-likeness (QED) is 0.135. The summed E-state index contributed by atoms with van der Waals surface area (Å²) in [4.78, 5) is 14.9. The maximum atomic E-state index is 5.06. The van der Waals surface area contributed by atoms with E-state index in [0.717, 1.165) is 144 Å². The van der Waals surface area contributed by atoms with E-state index in [4.69, 9.17) is 15.0 Å². The Hall–Kier alpha value is -10.4. The monoisotopic (exact) mass is 1250 g/mol. The Labute approximate surface area is 500 Å². The minimum atomic E-state index is 0. The van der Waals surface area contributed by atoms with Crippen molar-refractivity contribution in [3.63, 3.8) is 0 Å². The summed E-state index contributed by atoms with van der Waals surface area (Å²) in [6.45, 7) is 0. The Morgan fingerprint density at radius 2 is 0.750 bits per heavy atom. The minimum absolute atomic E-state index is 0. The maximum Gasteiger partial charge on any atom is 0.0774 e. The Balaban J connectivity index is 0.00000314. The Bertz CT molecular complexity index is 4940. The summed E-state index contributed by atoms with van der Waals surface area (Å²) in [7, 11) is 0. The summed E-state index contributed by atoms with van der Waals surface area (Å²) in [5.41, 5.74) is 25.4. The number of benzene rings is 11. The van der Waals surface area contributed by atoms with Crippen LogP contribution in [0.2, 0.25) is 0 Å². The van der Waals surface area contributed by atoms with E-state index >= 15 is 0 Å². The molecule has 16 rings (SSSR count). The molecule has 6 heteroatoms. The molecule has 0 bridgehead atoms. The third-order valence-electron chi connectivity index (χ3n) is 16.1. The molecule has 0 saturated carbocycles. The fourth-order valence-corrected chi connectivity index (χ4v) is 12.2. The van der Waals surface area contributed by atoms with E-state index in [0.29, 0.717) is 0 Å². The first kappa shape index (κ1) is 51.8. The van der Waals surface area contributed by atoms with Crippen LogP contribution in [0, 0.1) is 25.6 Å². The summed E-state index contributed by atoms with van der Waals surface area (Å²) in [6.07, 6.45) is 6.10. The molecular formula is C78H49IrN5-4. The van der Waals surface area contributed by atoms with Crippen molar-refractivity contribution in [3.05, 3.63) is 305 Å². The molecule has 5 heterocycles. The molecule has 0 N–H and O–H groups in total. The number of hydrogen-bond donors (Lipinski definition) is 0. The first-order valence-corrected chi connectivity index (χ1v) is 27.6.